The molecular formula is C20H20ClN3O3. The Morgan fingerprint density at radius 2 is 2.00 bits per heavy atom. The Labute approximate surface area is 161 Å². The lowest BCUT2D eigenvalue weighted by Gasteiger charge is -2.11. The number of imidazole rings is 1. The second-order valence-electron chi connectivity index (χ2n) is 6.36. The van der Waals surface area contributed by atoms with E-state index in [0.717, 1.165) is 28.8 Å². The van der Waals surface area contributed by atoms with Crippen LogP contribution in [0.1, 0.15) is 41.5 Å². The number of carbonyl (C=O) groups is 2. The van der Waals surface area contributed by atoms with E-state index in [1.807, 2.05) is 30.5 Å². The summed E-state index contributed by atoms with van der Waals surface area (Å²) in [6.45, 7) is 4.27. The standard InChI is InChI=1S/C20H20ClN3O3/c1-3-4-19(25)23-15-7-5-14(16(21)10-15)11-24-12(2)22-17-8-6-13(20(26)27)9-18(17)24/h5-10H,3-4,11H2,1-2H3,(H,23,25)(H,26,27). The van der Waals surface area contributed by atoms with Gasteiger partial charge >= 0.3 is 5.97 Å². The smallest absolute Gasteiger partial charge is 0.335 e. The molecule has 27 heavy (non-hydrogen) atoms. The number of aromatic carboxylic acids is 1. The number of anilines is 1. The van der Waals surface area contributed by atoms with Crippen LogP contribution in [0.2, 0.25) is 5.02 Å². The van der Waals surface area contributed by atoms with Gasteiger partial charge in [0, 0.05) is 17.1 Å². The van der Waals surface area contributed by atoms with Crippen molar-refractivity contribution in [3.05, 3.63) is 58.4 Å². The van der Waals surface area contributed by atoms with Crippen molar-refractivity contribution in [1.82, 2.24) is 9.55 Å². The molecule has 0 unspecified atom stereocenters. The highest BCUT2D eigenvalue weighted by Crippen LogP contribution is 2.25. The van der Waals surface area contributed by atoms with Crippen molar-refractivity contribution < 1.29 is 14.7 Å². The number of hydrogen-bond donors (Lipinski definition) is 2. The summed E-state index contributed by atoms with van der Waals surface area (Å²) in [6.07, 6.45) is 1.24. The number of carbonyl (C=O) groups excluding carboxylic acids is 1. The minimum absolute atomic E-state index is 0.0426. The van der Waals surface area contributed by atoms with Crippen LogP contribution in [-0.4, -0.2) is 26.5 Å². The number of hydrogen-bond acceptors (Lipinski definition) is 3. The van der Waals surface area contributed by atoms with Gasteiger partial charge in [0.25, 0.3) is 0 Å². The lowest BCUT2D eigenvalue weighted by atomic mass is 10.1. The molecule has 140 valence electrons. The summed E-state index contributed by atoms with van der Waals surface area (Å²) in [4.78, 5) is 27.5. The Balaban J connectivity index is 1.91. The van der Waals surface area contributed by atoms with E-state index in [2.05, 4.69) is 10.3 Å². The number of nitrogens with one attached hydrogen (secondary N) is 1. The lowest BCUT2D eigenvalue weighted by Crippen LogP contribution is -2.11. The zero-order valence-corrected chi connectivity index (χ0v) is 15.9. The quantitative estimate of drug-likeness (QED) is 0.655. The number of aryl methyl sites for hydroxylation is 1. The molecule has 0 fully saturated rings. The summed E-state index contributed by atoms with van der Waals surface area (Å²) in [6, 6.07) is 10.3. The summed E-state index contributed by atoms with van der Waals surface area (Å²) in [5.74, 6) is -0.254. The third-order valence-electron chi connectivity index (χ3n) is 4.33. The Kier molecular flexibility index (Phi) is 5.46. The molecule has 1 aromatic heterocycles. The van der Waals surface area contributed by atoms with Crippen LogP contribution in [0, 0.1) is 6.92 Å². The molecule has 7 heteroatoms. The molecule has 2 aromatic carbocycles. The highest BCUT2D eigenvalue weighted by molar-refractivity contribution is 6.31. The second kappa shape index (κ2) is 7.80. The monoisotopic (exact) mass is 385 g/mol. The van der Waals surface area contributed by atoms with Crippen LogP contribution in [0.3, 0.4) is 0 Å². The Morgan fingerprint density at radius 1 is 1.22 bits per heavy atom. The topological polar surface area (TPSA) is 84.2 Å². The number of carboxylic acid groups (broad SMARTS) is 1. The van der Waals surface area contributed by atoms with Gasteiger partial charge in [0.2, 0.25) is 5.91 Å². The fraction of sp³-hybridized carbons (Fsp3) is 0.250. The van der Waals surface area contributed by atoms with Crippen LogP contribution in [0.4, 0.5) is 5.69 Å². The van der Waals surface area contributed by atoms with Gasteiger partial charge in [-0.2, -0.15) is 0 Å². The zero-order chi connectivity index (χ0) is 19.6. The second-order valence-corrected chi connectivity index (χ2v) is 6.77. The van der Waals surface area contributed by atoms with Crippen LogP contribution < -0.4 is 5.32 Å². The van der Waals surface area contributed by atoms with Gasteiger partial charge < -0.3 is 15.0 Å². The minimum atomic E-state index is -0.979. The molecule has 6 nitrogen and oxygen atoms in total. The fourth-order valence-electron chi connectivity index (χ4n) is 2.95. The van der Waals surface area contributed by atoms with Crippen LogP contribution in [0.5, 0.6) is 0 Å². The van der Waals surface area contributed by atoms with Gasteiger partial charge in [0.1, 0.15) is 5.82 Å². The predicted molar refractivity (Wildman–Crippen MR) is 106 cm³/mol. The fourth-order valence-corrected chi connectivity index (χ4v) is 3.19. The third kappa shape index (κ3) is 4.11. The van der Waals surface area contributed by atoms with Gasteiger partial charge in [0.05, 0.1) is 23.1 Å². The number of benzene rings is 2. The summed E-state index contributed by atoms with van der Waals surface area (Å²) in [7, 11) is 0. The maximum absolute atomic E-state index is 11.7. The number of fused-ring (bicyclic) bond motifs is 1. The minimum Gasteiger partial charge on any atom is -0.478 e. The molecule has 0 spiro atoms. The number of rotatable bonds is 6. The maximum Gasteiger partial charge on any atom is 0.335 e. The summed E-state index contributed by atoms with van der Waals surface area (Å²) in [5, 5.41) is 12.6. The number of nitrogens with zero attached hydrogens (tertiary/aromatic N) is 2. The molecule has 0 saturated carbocycles. The molecule has 0 aliphatic heterocycles. The number of aromatic nitrogens is 2. The van der Waals surface area contributed by atoms with E-state index in [-0.39, 0.29) is 11.5 Å². The molecular weight excluding hydrogens is 366 g/mol. The SMILES string of the molecule is CCCC(=O)Nc1ccc(Cn2c(C)nc3ccc(C(=O)O)cc32)c(Cl)c1. The third-order valence-corrected chi connectivity index (χ3v) is 4.68. The van der Waals surface area contributed by atoms with Gasteiger partial charge in [-0.3, -0.25) is 4.79 Å². The van der Waals surface area contributed by atoms with Crippen molar-refractivity contribution in [1.29, 1.82) is 0 Å². The molecule has 0 radical (unpaired) electrons. The molecule has 1 amide bonds. The Hall–Kier alpha value is -2.86. The highest BCUT2D eigenvalue weighted by atomic mass is 35.5. The van der Waals surface area contributed by atoms with Crippen molar-refractivity contribution >= 4 is 40.2 Å². The van der Waals surface area contributed by atoms with Crippen LogP contribution >= 0.6 is 11.6 Å². The first kappa shape index (κ1) is 18.9. The largest absolute Gasteiger partial charge is 0.478 e. The first-order valence-electron chi connectivity index (χ1n) is 8.67. The number of halogens is 1. The zero-order valence-electron chi connectivity index (χ0n) is 15.1. The van der Waals surface area contributed by atoms with Crippen LogP contribution in [0.15, 0.2) is 36.4 Å². The Morgan fingerprint density at radius 3 is 2.67 bits per heavy atom. The van der Waals surface area contributed by atoms with Gasteiger partial charge in [0.15, 0.2) is 0 Å². The molecule has 1 heterocycles. The van der Waals surface area contributed by atoms with E-state index in [1.165, 1.54) is 0 Å². The molecule has 0 atom stereocenters. The molecule has 0 aliphatic carbocycles. The Bertz CT molecular complexity index is 1030. The predicted octanol–water partition coefficient (Wildman–Crippen LogP) is 4.48. The normalized spacial score (nSPS) is 10.9. The number of carboxylic acids is 1. The van der Waals surface area contributed by atoms with Crippen LogP contribution in [-0.2, 0) is 11.3 Å². The van der Waals surface area contributed by atoms with Crippen LogP contribution in [0.25, 0.3) is 11.0 Å². The molecule has 0 aliphatic rings. The van der Waals surface area contributed by atoms with E-state index in [1.54, 1.807) is 24.3 Å². The summed E-state index contributed by atoms with van der Waals surface area (Å²) >= 11 is 6.41. The molecule has 2 N–H and O–H groups in total. The van der Waals surface area contributed by atoms with Crippen molar-refractivity contribution in [3.63, 3.8) is 0 Å². The van der Waals surface area contributed by atoms with Crippen molar-refractivity contribution in [2.75, 3.05) is 5.32 Å². The van der Waals surface area contributed by atoms with Crippen molar-refractivity contribution in [3.8, 4) is 0 Å². The van der Waals surface area contributed by atoms with Gasteiger partial charge in [-0.15, -0.1) is 0 Å². The average molecular weight is 386 g/mol. The van der Waals surface area contributed by atoms with Crippen molar-refractivity contribution in [2.24, 2.45) is 0 Å². The van der Waals surface area contributed by atoms with Gasteiger partial charge in [-0.25, -0.2) is 9.78 Å². The molecule has 0 bridgehead atoms. The number of amides is 1. The van der Waals surface area contributed by atoms with E-state index in [0.29, 0.717) is 23.7 Å². The van der Waals surface area contributed by atoms with E-state index in [9.17, 15) is 14.7 Å². The van der Waals surface area contributed by atoms with Gasteiger partial charge in [-0.05, 0) is 49.2 Å². The van der Waals surface area contributed by atoms with Crippen molar-refractivity contribution in [2.45, 2.75) is 33.2 Å². The highest BCUT2D eigenvalue weighted by Gasteiger charge is 2.13. The lowest BCUT2D eigenvalue weighted by molar-refractivity contribution is -0.116. The maximum atomic E-state index is 11.7. The van der Waals surface area contributed by atoms with Gasteiger partial charge in [-0.1, -0.05) is 24.6 Å². The van der Waals surface area contributed by atoms with E-state index < -0.39 is 5.97 Å². The first-order chi connectivity index (χ1) is 12.9. The molecule has 0 saturated heterocycles. The summed E-state index contributed by atoms with van der Waals surface area (Å²) in [5.41, 5.74) is 3.19. The van der Waals surface area contributed by atoms with E-state index in [4.69, 9.17) is 11.6 Å². The average Bonchev–Trinajstić information content (AvgIpc) is 2.92. The first-order valence-corrected chi connectivity index (χ1v) is 9.05. The summed E-state index contributed by atoms with van der Waals surface area (Å²) < 4.78 is 1.93. The molecule has 3 rings (SSSR count). The molecule has 3 aromatic rings. The van der Waals surface area contributed by atoms with E-state index >= 15 is 0 Å².